The first-order valence-electron chi connectivity index (χ1n) is 11.9. The van der Waals surface area contributed by atoms with Crippen LogP contribution in [0.5, 0.6) is 0 Å². The fourth-order valence-corrected chi connectivity index (χ4v) is 5.07. The predicted molar refractivity (Wildman–Crippen MR) is 130 cm³/mol. The highest BCUT2D eigenvalue weighted by atomic mass is 16.4. The molecular formula is C27H31N3O4. The maximum absolute atomic E-state index is 13.0. The zero-order chi connectivity index (χ0) is 24.2. The van der Waals surface area contributed by atoms with Crippen molar-refractivity contribution in [2.24, 2.45) is 17.8 Å². The molecule has 178 valence electrons. The number of nitrogens with zero attached hydrogens (tertiary/aromatic N) is 3. The summed E-state index contributed by atoms with van der Waals surface area (Å²) in [6, 6.07) is 14.3. The van der Waals surface area contributed by atoms with E-state index in [0.717, 1.165) is 47.9 Å². The van der Waals surface area contributed by atoms with Crippen molar-refractivity contribution in [3.63, 3.8) is 0 Å². The molecule has 7 heteroatoms. The molecule has 0 saturated heterocycles. The molecule has 1 fully saturated rings. The summed E-state index contributed by atoms with van der Waals surface area (Å²) in [5.74, 6) is -0.184. The Labute approximate surface area is 199 Å². The fourth-order valence-electron chi connectivity index (χ4n) is 5.07. The molecule has 1 N–H and O–H groups in total. The summed E-state index contributed by atoms with van der Waals surface area (Å²) >= 11 is 0. The number of hydrogen-bond donors (Lipinski definition) is 1. The van der Waals surface area contributed by atoms with Crippen LogP contribution < -0.4 is 5.69 Å². The van der Waals surface area contributed by atoms with E-state index in [1.807, 2.05) is 24.3 Å². The van der Waals surface area contributed by atoms with Crippen molar-refractivity contribution in [3.8, 4) is 11.1 Å². The summed E-state index contributed by atoms with van der Waals surface area (Å²) in [5.41, 5.74) is 2.11. The Morgan fingerprint density at radius 3 is 2.53 bits per heavy atom. The first-order chi connectivity index (χ1) is 16.3. The number of aromatic carboxylic acids is 1. The van der Waals surface area contributed by atoms with Gasteiger partial charge in [-0.2, -0.15) is 5.10 Å². The van der Waals surface area contributed by atoms with E-state index in [4.69, 9.17) is 0 Å². The van der Waals surface area contributed by atoms with Crippen LogP contribution in [0.4, 0.5) is 0 Å². The van der Waals surface area contributed by atoms with Crippen LogP contribution in [0, 0.1) is 17.8 Å². The minimum atomic E-state index is -0.975. The molecule has 0 bridgehead atoms. The number of benzene rings is 2. The summed E-state index contributed by atoms with van der Waals surface area (Å²) in [6.07, 6.45) is 6.34. The molecule has 0 amide bonds. The number of carboxylic acid groups (broad SMARTS) is 1. The third kappa shape index (κ3) is 5.19. The third-order valence-corrected chi connectivity index (χ3v) is 6.65. The lowest BCUT2D eigenvalue weighted by Gasteiger charge is -2.28. The van der Waals surface area contributed by atoms with Gasteiger partial charge in [0.2, 0.25) is 0 Å². The van der Waals surface area contributed by atoms with Gasteiger partial charge in [0.15, 0.2) is 0 Å². The summed E-state index contributed by atoms with van der Waals surface area (Å²) in [5, 5.41) is 13.5. The van der Waals surface area contributed by atoms with Gasteiger partial charge < -0.3 is 5.11 Å². The monoisotopic (exact) mass is 461 g/mol. The molecule has 4 rings (SSSR count). The molecule has 0 aliphatic heterocycles. The number of carboxylic acids is 1. The van der Waals surface area contributed by atoms with Crippen molar-refractivity contribution >= 4 is 11.9 Å². The lowest BCUT2D eigenvalue weighted by Crippen LogP contribution is -2.36. The Balaban J connectivity index is 1.47. The minimum Gasteiger partial charge on any atom is -0.478 e. The first-order valence-corrected chi connectivity index (χ1v) is 11.9. The van der Waals surface area contributed by atoms with Crippen LogP contribution in [0.1, 0.15) is 66.7 Å². The molecule has 1 heterocycles. The first kappa shape index (κ1) is 23.7. The molecule has 1 aromatic heterocycles. The van der Waals surface area contributed by atoms with Gasteiger partial charge in [0.1, 0.15) is 6.33 Å². The lowest BCUT2D eigenvalue weighted by atomic mass is 9.77. The number of aromatic nitrogens is 3. The van der Waals surface area contributed by atoms with Gasteiger partial charge in [-0.15, -0.1) is 4.68 Å². The summed E-state index contributed by atoms with van der Waals surface area (Å²) in [4.78, 5) is 37.4. The van der Waals surface area contributed by atoms with Crippen molar-refractivity contribution in [2.75, 3.05) is 0 Å². The number of hydrogen-bond acceptors (Lipinski definition) is 4. The summed E-state index contributed by atoms with van der Waals surface area (Å²) in [7, 11) is 0. The Kier molecular flexibility index (Phi) is 7.10. The van der Waals surface area contributed by atoms with Crippen molar-refractivity contribution in [3.05, 3.63) is 76.5 Å². The van der Waals surface area contributed by atoms with Gasteiger partial charge in [0, 0.05) is 5.92 Å². The van der Waals surface area contributed by atoms with Crippen LogP contribution in [0.15, 0.2) is 59.7 Å². The van der Waals surface area contributed by atoms with Crippen LogP contribution in [0.2, 0.25) is 0 Å². The van der Waals surface area contributed by atoms with Crippen molar-refractivity contribution < 1.29 is 14.7 Å². The van der Waals surface area contributed by atoms with E-state index in [9.17, 15) is 19.5 Å². The topological polar surface area (TPSA) is 94.2 Å². The average molecular weight is 462 g/mol. The highest BCUT2D eigenvalue weighted by Crippen LogP contribution is 2.33. The van der Waals surface area contributed by atoms with Gasteiger partial charge in [-0.3, -0.25) is 9.36 Å². The third-order valence-electron chi connectivity index (χ3n) is 6.65. The molecule has 0 radical (unpaired) electrons. The van der Waals surface area contributed by atoms with E-state index in [-0.39, 0.29) is 23.9 Å². The van der Waals surface area contributed by atoms with Crippen LogP contribution in [0.25, 0.3) is 11.1 Å². The van der Waals surface area contributed by atoms with Crippen LogP contribution >= 0.6 is 0 Å². The molecule has 1 aliphatic carbocycles. The molecule has 34 heavy (non-hydrogen) atoms. The molecule has 1 aliphatic rings. The molecule has 2 unspecified atom stereocenters. The predicted octanol–water partition coefficient (Wildman–Crippen LogP) is 4.95. The number of carbonyl (C=O) groups is 2. The number of rotatable bonds is 7. The lowest BCUT2D eigenvalue weighted by molar-refractivity contribution is 0.0696. The molecule has 0 spiro atoms. The maximum atomic E-state index is 13.0. The van der Waals surface area contributed by atoms with E-state index < -0.39 is 11.7 Å². The van der Waals surface area contributed by atoms with Crippen molar-refractivity contribution in [1.82, 2.24) is 14.3 Å². The molecule has 2 atom stereocenters. The Morgan fingerprint density at radius 2 is 1.82 bits per heavy atom. The normalized spacial score (nSPS) is 18.2. The summed E-state index contributed by atoms with van der Waals surface area (Å²) < 4.78 is 2.46. The van der Waals surface area contributed by atoms with Gasteiger partial charge in [-0.25, -0.2) is 9.59 Å². The van der Waals surface area contributed by atoms with Gasteiger partial charge in [-0.1, -0.05) is 69.2 Å². The minimum absolute atomic E-state index is 0.146. The Morgan fingerprint density at radius 1 is 1.09 bits per heavy atom. The second-order valence-electron chi connectivity index (χ2n) is 9.70. The molecular weight excluding hydrogens is 430 g/mol. The molecule has 2 aromatic carbocycles. The highest BCUT2D eigenvalue weighted by molar-refractivity contribution is 5.96. The fraction of sp³-hybridized carbons (Fsp3) is 0.407. The van der Waals surface area contributed by atoms with Crippen molar-refractivity contribution in [2.45, 2.75) is 52.5 Å². The second kappa shape index (κ2) is 10.2. The van der Waals surface area contributed by atoms with E-state index in [2.05, 4.69) is 18.9 Å². The number of carbonyl (C=O) groups excluding carboxylic acids is 1. The largest absolute Gasteiger partial charge is 0.478 e. The second-order valence-corrected chi connectivity index (χ2v) is 9.70. The summed E-state index contributed by atoms with van der Waals surface area (Å²) in [6.45, 7) is 4.69. The van der Waals surface area contributed by atoms with E-state index >= 15 is 0 Å². The Hall–Kier alpha value is -3.48. The van der Waals surface area contributed by atoms with Crippen LogP contribution in [0.3, 0.4) is 0 Å². The van der Waals surface area contributed by atoms with Gasteiger partial charge in [0.25, 0.3) is 5.91 Å². The average Bonchev–Trinajstić information content (AvgIpc) is 3.18. The standard InChI is InChI=1S/C27H31N3O4/c1-18(2)14-20-6-5-7-22(15-20)25(31)30-27(34)29(17-28-30)16-19-10-12-21(13-11-19)23-8-3-4-9-24(23)26(32)33/h3-4,8-13,17-18,20,22H,5-7,14-16H2,1-2H3,(H,32,33). The zero-order valence-electron chi connectivity index (χ0n) is 19.7. The van der Waals surface area contributed by atoms with E-state index in [1.165, 1.54) is 10.9 Å². The smallest absolute Gasteiger partial charge is 0.353 e. The SMILES string of the molecule is CC(C)CC1CCCC(C(=O)n2ncn(Cc3ccc(-c4ccccc4C(=O)O)cc3)c2=O)C1. The molecule has 3 aromatic rings. The maximum Gasteiger partial charge on any atom is 0.353 e. The zero-order valence-corrected chi connectivity index (χ0v) is 19.7. The molecule has 1 saturated carbocycles. The van der Waals surface area contributed by atoms with E-state index in [1.54, 1.807) is 24.3 Å². The molecule has 7 nitrogen and oxygen atoms in total. The quantitative estimate of drug-likeness (QED) is 0.537. The van der Waals surface area contributed by atoms with Gasteiger partial charge in [-0.05, 0) is 53.9 Å². The highest BCUT2D eigenvalue weighted by Gasteiger charge is 2.30. The Bertz CT molecular complexity index is 1220. The van der Waals surface area contributed by atoms with Crippen LogP contribution in [-0.4, -0.2) is 31.3 Å². The van der Waals surface area contributed by atoms with Gasteiger partial charge >= 0.3 is 11.7 Å². The van der Waals surface area contributed by atoms with Crippen molar-refractivity contribution in [1.29, 1.82) is 0 Å². The van der Waals surface area contributed by atoms with Gasteiger partial charge in [0.05, 0.1) is 12.1 Å². The van der Waals surface area contributed by atoms with Crippen LogP contribution in [-0.2, 0) is 6.54 Å². The van der Waals surface area contributed by atoms with E-state index in [0.29, 0.717) is 17.4 Å².